The zero-order chi connectivity index (χ0) is 20.9. The molecule has 1 aromatic carbocycles. The number of ether oxygens (including phenoxy) is 1. The molecule has 0 atom stereocenters. The van der Waals surface area contributed by atoms with E-state index in [2.05, 4.69) is 30.8 Å². The fraction of sp³-hybridized carbons (Fsp3) is 0.235. The number of hydrogen-bond donors (Lipinski definition) is 1. The third-order valence-corrected chi connectivity index (χ3v) is 3.88. The number of tetrazole rings is 1. The van der Waals surface area contributed by atoms with Gasteiger partial charge >= 0.3 is 6.18 Å². The number of halogens is 4. The Hall–Kier alpha value is -3.21. The van der Waals surface area contributed by atoms with Gasteiger partial charge in [0, 0.05) is 0 Å². The van der Waals surface area contributed by atoms with Crippen LogP contribution in [0, 0.1) is 0 Å². The molecule has 0 spiro atoms. The Morgan fingerprint density at radius 2 is 1.90 bits per heavy atom. The van der Waals surface area contributed by atoms with E-state index in [9.17, 15) is 13.2 Å². The van der Waals surface area contributed by atoms with Crippen molar-refractivity contribution in [3.05, 3.63) is 64.1 Å². The highest BCUT2D eigenvalue weighted by Gasteiger charge is 2.29. The van der Waals surface area contributed by atoms with Crippen LogP contribution in [0.2, 0.25) is 5.15 Å². The van der Waals surface area contributed by atoms with Gasteiger partial charge in [-0.2, -0.15) is 13.2 Å². The molecular formula is C17H14ClF3N6O2. The first-order valence-electron chi connectivity index (χ1n) is 8.18. The minimum atomic E-state index is -4.38. The SMILES string of the molecule is CC(=NOCc1ccc(C(F)(F)F)cc1)c1ccc(Cl)nc1OCc1nnn[nH]1. The molecular weight excluding hydrogens is 413 g/mol. The second kappa shape index (κ2) is 8.86. The maximum Gasteiger partial charge on any atom is 0.416 e. The van der Waals surface area contributed by atoms with Gasteiger partial charge in [-0.1, -0.05) is 28.9 Å². The normalized spacial score (nSPS) is 12.1. The van der Waals surface area contributed by atoms with Crippen molar-refractivity contribution in [3.8, 4) is 5.88 Å². The van der Waals surface area contributed by atoms with Gasteiger partial charge in [0.25, 0.3) is 0 Å². The van der Waals surface area contributed by atoms with Crippen LogP contribution in [0.4, 0.5) is 13.2 Å². The number of aromatic nitrogens is 5. The molecule has 12 heteroatoms. The third kappa shape index (κ3) is 5.64. The van der Waals surface area contributed by atoms with Crippen molar-refractivity contribution in [2.24, 2.45) is 5.16 Å². The molecule has 0 aliphatic carbocycles. The second-order valence-electron chi connectivity index (χ2n) is 5.77. The van der Waals surface area contributed by atoms with Crippen LogP contribution in [-0.2, 0) is 24.2 Å². The van der Waals surface area contributed by atoms with Crippen LogP contribution >= 0.6 is 11.6 Å². The van der Waals surface area contributed by atoms with Crippen LogP contribution in [0.15, 0.2) is 41.6 Å². The Morgan fingerprint density at radius 1 is 1.14 bits per heavy atom. The van der Waals surface area contributed by atoms with Gasteiger partial charge in [-0.25, -0.2) is 10.1 Å². The predicted molar refractivity (Wildman–Crippen MR) is 96.2 cm³/mol. The maximum atomic E-state index is 12.6. The molecule has 0 fully saturated rings. The Kier molecular flexibility index (Phi) is 6.27. The summed E-state index contributed by atoms with van der Waals surface area (Å²) in [7, 11) is 0. The Bertz CT molecular complexity index is 978. The fourth-order valence-electron chi connectivity index (χ4n) is 2.22. The largest absolute Gasteiger partial charge is 0.469 e. The lowest BCUT2D eigenvalue weighted by Gasteiger charge is -2.10. The number of hydrogen-bond acceptors (Lipinski definition) is 7. The average molecular weight is 427 g/mol. The van der Waals surface area contributed by atoms with Crippen molar-refractivity contribution in [1.82, 2.24) is 25.6 Å². The molecule has 0 saturated heterocycles. The van der Waals surface area contributed by atoms with Gasteiger partial charge in [0.2, 0.25) is 5.88 Å². The van der Waals surface area contributed by atoms with Gasteiger partial charge in [-0.3, -0.25) is 0 Å². The first-order valence-corrected chi connectivity index (χ1v) is 8.56. The molecule has 3 aromatic rings. The maximum absolute atomic E-state index is 12.6. The van der Waals surface area contributed by atoms with Crippen LogP contribution in [0.25, 0.3) is 0 Å². The molecule has 0 radical (unpaired) electrons. The van der Waals surface area contributed by atoms with Gasteiger partial charge in [-0.15, -0.1) is 5.10 Å². The minimum Gasteiger partial charge on any atom is -0.469 e. The summed E-state index contributed by atoms with van der Waals surface area (Å²) in [5, 5.41) is 17.3. The van der Waals surface area contributed by atoms with Crippen LogP contribution in [0.5, 0.6) is 5.88 Å². The van der Waals surface area contributed by atoms with E-state index >= 15 is 0 Å². The topological polar surface area (TPSA) is 98.2 Å². The van der Waals surface area contributed by atoms with Gasteiger partial charge in [-0.05, 0) is 47.2 Å². The molecule has 0 amide bonds. The van der Waals surface area contributed by atoms with E-state index < -0.39 is 11.7 Å². The van der Waals surface area contributed by atoms with Crippen molar-refractivity contribution in [3.63, 3.8) is 0 Å². The van der Waals surface area contributed by atoms with E-state index in [1.807, 2.05) is 0 Å². The molecule has 0 saturated carbocycles. The zero-order valence-corrected chi connectivity index (χ0v) is 15.7. The fourth-order valence-corrected chi connectivity index (χ4v) is 2.36. The number of oxime groups is 1. The molecule has 29 heavy (non-hydrogen) atoms. The van der Waals surface area contributed by atoms with Crippen LogP contribution in [-0.4, -0.2) is 31.3 Å². The Morgan fingerprint density at radius 3 is 2.55 bits per heavy atom. The Balaban J connectivity index is 1.66. The summed E-state index contributed by atoms with van der Waals surface area (Å²) < 4.78 is 43.4. The highest BCUT2D eigenvalue weighted by molar-refractivity contribution is 6.29. The van der Waals surface area contributed by atoms with Crippen molar-refractivity contribution < 1.29 is 22.7 Å². The lowest BCUT2D eigenvalue weighted by Crippen LogP contribution is -2.06. The van der Waals surface area contributed by atoms with E-state index in [0.717, 1.165) is 12.1 Å². The minimum absolute atomic E-state index is 0.00355. The number of aromatic amines is 1. The summed E-state index contributed by atoms with van der Waals surface area (Å²) in [5.74, 6) is 0.596. The van der Waals surface area contributed by atoms with E-state index in [1.54, 1.807) is 19.1 Å². The summed E-state index contributed by atoms with van der Waals surface area (Å²) in [6.45, 7) is 1.70. The number of benzene rings is 1. The standard InChI is InChI=1S/C17H14ClF3N6O2/c1-10(25-29-8-11-2-4-12(5-3-11)17(19,20)21)13-6-7-14(18)22-16(13)28-9-15-23-26-27-24-15/h2-7H,8-9H2,1H3,(H,23,24,26,27). The van der Waals surface area contributed by atoms with Crippen LogP contribution in [0.3, 0.4) is 0 Å². The lowest BCUT2D eigenvalue weighted by molar-refractivity contribution is -0.137. The highest BCUT2D eigenvalue weighted by atomic mass is 35.5. The molecule has 2 aromatic heterocycles. The smallest absolute Gasteiger partial charge is 0.416 e. The van der Waals surface area contributed by atoms with Gasteiger partial charge in [0.05, 0.1) is 16.8 Å². The molecule has 3 rings (SSSR count). The first-order chi connectivity index (χ1) is 13.8. The van der Waals surface area contributed by atoms with Crippen LogP contribution in [0.1, 0.15) is 29.4 Å². The van der Waals surface area contributed by atoms with Crippen LogP contribution < -0.4 is 4.74 Å². The summed E-state index contributed by atoms with van der Waals surface area (Å²) in [6.07, 6.45) is -4.38. The Labute approximate surface area is 167 Å². The molecule has 0 aliphatic heterocycles. The number of H-pyrrole nitrogens is 1. The number of rotatable bonds is 7. The van der Waals surface area contributed by atoms with E-state index in [0.29, 0.717) is 22.7 Å². The highest BCUT2D eigenvalue weighted by Crippen LogP contribution is 2.29. The average Bonchev–Trinajstić information content (AvgIpc) is 3.19. The van der Waals surface area contributed by atoms with Crippen molar-refractivity contribution in [1.29, 1.82) is 0 Å². The number of nitrogens with zero attached hydrogens (tertiary/aromatic N) is 5. The molecule has 1 N–H and O–H groups in total. The zero-order valence-electron chi connectivity index (χ0n) is 14.9. The monoisotopic (exact) mass is 426 g/mol. The summed E-state index contributed by atoms with van der Waals surface area (Å²) in [6, 6.07) is 7.86. The summed E-state index contributed by atoms with van der Waals surface area (Å²) in [4.78, 5) is 9.36. The van der Waals surface area contributed by atoms with Crippen molar-refractivity contribution in [2.45, 2.75) is 26.3 Å². The van der Waals surface area contributed by atoms with E-state index in [4.69, 9.17) is 21.2 Å². The van der Waals surface area contributed by atoms with Gasteiger partial charge in [0.15, 0.2) is 12.4 Å². The van der Waals surface area contributed by atoms with Gasteiger partial charge < -0.3 is 9.57 Å². The van der Waals surface area contributed by atoms with E-state index in [-0.39, 0.29) is 24.2 Å². The molecule has 152 valence electrons. The quantitative estimate of drug-likeness (QED) is 0.350. The number of alkyl halides is 3. The molecule has 8 nitrogen and oxygen atoms in total. The third-order valence-electron chi connectivity index (χ3n) is 3.66. The molecule has 2 heterocycles. The van der Waals surface area contributed by atoms with Crippen molar-refractivity contribution in [2.75, 3.05) is 0 Å². The lowest BCUT2D eigenvalue weighted by atomic mass is 10.1. The van der Waals surface area contributed by atoms with Crippen molar-refractivity contribution >= 4 is 17.3 Å². The molecule has 0 aliphatic rings. The number of nitrogens with one attached hydrogen (secondary N) is 1. The first kappa shape index (κ1) is 20.5. The summed E-state index contributed by atoms with van der Waals surface area (Å²) >= 11 is 5.92. The number of pyridine rings is 1. The summed E-state index contributed by atoms with van der Waals surface area (Å²) in [5.41, 5.74) is 0.774. The predicted octanol–water partition coefficient (Wildman–Crippen LogP) is 3.79. The second-order valence-corrected chi connectivity index (χ2v) is 6.16. The van der Waals surface area contributed by atoms with Gasteiger partial charge in [0.1, 0.15) is 11.8 Å². The molecule has 0 unspecified atom stereocenters. The molecule has 0 bridgehead atoms. The van der Waals surface area contributed by atoms with E-state index in [1.165, 1.54) is 12.1 Å².